The molecule has 0 saturated carbocycles. The number of fused-ring (bicyclic) bond motifs is 1. The van der Waals surface area contributed by atoms with Crippen LogP contribution in [0, 0.1) is 17.0 Å². The Morgan fingerprint density at radius 3 is 2.84 bits per heavy atom. The molecule has 0 aliphatic carbocycles. The molecule has 4 rings (SSSR count). The zero-order chi connectivity index (χ0) is 22.0. The van der Waals surface area contributed by atoms with Crippen LogP contribution in [0.25, 0.3) is 0 Å². The minimum absolute atomic E-state index is 0.0177. The number of esters is 1. The van der Waals surface area contributed by atoms with E-state index in [9.17, 15) is 18.4 Å². The van der Waals surface area contributed by atoms with Gasteiger partial charge in [0.15, 0.2) is 11.5 Å². The molecule has 1 fully saturated rings. The molecule has 0 unspecified atom stereocenters. The van der Waals surface area contributed by atoms with E-state index in [0.29, 0.717) is 49.0 Å². The SMILES string of the molecule is CCOC(=O)[C@]1(Cc2ccc(F)cc2F)CCCN(C(=O)c2scc3c2OCCO3)C1. The molecule has 2 aliphatic rings. The van der Waals surface area contributed by atoms with Crippen LogP contribution in [0.2, 0.25) is 0 Å². The predicted molar refractivity (Wildman–Crippen MR) is 110 cm³/mol. The van der Waals surface area contributed by atoms with Gasteiger partial charge in [-0.05, 0) is 37.8 Å². The van der Waals surface area contributed by atoms with Gasteiger partial charge in [0, 0.05) is 24.5 Å². The van der Waals surface area contributed by atoms with E-state index in [1.54, 1.807) is 17.2 Å². The molecule has 1 saturated heterocycles. The van der Waals surface area contributed by atoms with Crippen molar-refractivity contribution in [3.8, 4) is 11.5 Å². The number of hydrogen-bond donors (Lipinski definition) is 0. The van der Waals surface area contributed by atoms with Crippen LogP contribution in [0.15, 0.2) is 23.6 Å². The van der Waals surface area contributed by atoms with Gasteiger partial charge in [0.1, 0.15) is 29.7 Å². The number of amides is 1. The molecular formula is C22H23F2NO5S. The van der Waals surface area contributed by atoms with E-state index in [0.717, 1.165) is 12.1 Å². The number of rotatable bonds is 5. The fraction of sp³-hybridized carbons (Fsp3) is 0.455. The minimum atomic E-state index is -1.11. The van der Waals surface area contributed by atoms with Crippen molar-refractivity contribution < 1.29 is 32.6 Å². The maximum Gasteiger partial charge on any atom is 0.314 e. The van der Waals surface area contributed by atoms with Gasteiger partial charge in [-0.2, -0.15) is 0 Å². The summed E-state index contributed by atoms with van der Waals surface area (Å²) in [6, 6.07) is 3.31. The lowest BCUT2D eigenvalue weighted by atomic mass is 9.75. The highest BCUT2D eigenvalue weighted by Crippen LogP contribution is 2.42. The van der Waals surface area contributed by atoms with Crippen LogP contribution in [-0.2, 0) is 16.0 Å². The lowest BCUT2D eigenvalue weighted by Gasteiger charge is -2.41. The summed E-state index contributed by atoms with van der Waals surface area (Å²) < 4.78 is 44.2. The van der Waals surface area contributed by atoms with Crippen LogP contribution in [0.1, 0.15) is 35.0 Å². The van der Waals surface area contributed by atoms with E-state index in [1.807, 2.05) is 0 Å². The third-order valence-electron chi connectivity index (χ3n) is 5.61. The van der Waals surface area contributed by atoms with Crippen LogP contribution in [0.5, 0.6) is 11.5 Å². The van der Waals surface area contributed by atoms with Crippen LogP contribution in [-0.4, -0.2) is 49.7 Å². The minimum Gasteiger partial charge on any atom is -0.485 e. The molecule has 2 aromatic rings. The third-order valence-corrected chi connectivity index (χ3v) is 6.54. The maximum absolute atomic E-state index is 14.4. The maximum atomic E-state index is 14.4. The van der Waals surface area contributed by atoms with Crippen molar-refractivity contribution in [2.24, 2.45) is 5.41 Å². The topological polar surface area (TPSA) is 65.1 Å². The lowest BCUT2D eigenvalue weighted by molar-refractivity contribution is -0.158. The zero-order valence-electron chi connectivity index (χ0n) is 17.1. The molecular weight excluding hydrogens is 428 g/mol. The second-order valence-corrected chi connectivity index (χ2v) is 8.58. The molecule has 0 spiro atoms. The van der Waals surface area contributed by atoms with Gasteiger partial charge in [0.2, 0.25) is 0 Å². The van der Waals surface area contributed by atoms with Gasteiger partial charge >= 0.3 is 5.97 Å². The molecule has 1 atom stereocenters. The number of nitrogens with zero attached hydrogens (tertiary/aromatic N) is 1. The van der Waals surface area contributed by atoms with Crippen molar-refractivity contribution in [3.63, 3.8) is 0 Å². The normalized spacial score (nSPS) is 20.4. The molecule has 1 aromatic carbocycles. The van der Waals surface area contributed by atoms with Gasteiger partial charge in [0.05, 0.1) is 12.0 Å². The highest BCUT2D eigenvalue weighted by atomic mass is 32.1. The summed E-state index contributed by atoms with van der Waals surface area (Å²) in [7, 11) is 0. The van der Waals surface area contributed by atoms with E-state index in [4.69, 9.17) is 14.2 Å². The number of hydrogen-bond acceptors (Lipinski definition) is 6. The first-order chi connectivity index (χ1) is 14.9. The predicted octanol–water partition coefficient (Wildman–Crippen LogP) is 3.83. The van der Waals surface area contributed by atoms with Gasteiger partial charge in [-0.25, -0.2) is 8.78 Å². The number of thiophene rings is 1. The van der Waals surface area contributed by atoms with E-state index >= 15 is 0 Å². The number of benzene rings is 1. The van der Waals surface area contributed by atoms with E-state index in [1.165, 1.54) is 17.4 Å². The molecule has 0 N–H and O–H groups in total. The molecule has 9 heteroatoms. The Morgan fingerprint density at radius 2 is 2.06 bits per heavy atom. The Morgan fingerprint density at radius 1 is 1.26 bits per heavy atom. The first kappa shape index (κ1) is 21.5. The van der Waals surface area contributed by atoms with Crippen LogP contribution in [0.4, 0.5) is 8.78 Å². The summed E-state index contributed by atoms with van der Waals surface area (Å²) in [5.74, 6) is -1.17. The largest absolute Gasteiger partial charge is 0.485 e. The Hall–Kier alpha value is -2.68. The summed E-state index contributed by atoms with van der Waals surface area (Å²) in [5, 5.41) is 1.73. The zero-order valence-corrected chi connectivity index (χ0v) is 17.9. The van der Waals surface area contributed by atoms with Crippen molar-refractivity contribution in [2.45, 2.75) is 26.2 Å². The number of piperidine rings is 1. The molecule has 2 aliphatic heterocycles. The first-order valence-electron chi connectivity index (χ1n) is 10.2. The fourth-order valence-electron chi connectivity index (χ4n) is 4.16. The molecule has 1 aromatic heterocycles. The average Bonchev–Trinajstić information content (AvgIpc) is 3.20. The molecule has 1 amide bonds. The summed E-state index contributed by atoms with van der Waals surface area (Å²) in [4.78, 5) is 28.3. The molecule has 0 bridgehead atoms. The van der Waals surface area contributed by atoms with Gasteiger partial charge in [-0.15, -0.1) is 11.3 Å². The number of carbonyl (C=O) groups excluding carboxylic acids is 2. The molecule has 3 heterocycles. The summed E-state index contributed by atoms with van der Waals surface area (Å²) in [6.07, 6.45) is 1.01. The standard InChI is InChI=1S/C22H23F2NO5S/c1-2-28-21(27)22(11-14-4-5-15(23)10-16(14)24)6-3-7-25(13-22)20(26)19-18-17(12-31-19)29-8-9-30-18/h4-5,10,12H,2-3,6-9,11,13H2,1H3/t22-/m0/s1. The lowest BCUT2D eigenvalue weighted by Crippen LogP contribution is -2.51. The van der Waals surface area contributed by atoms with E-state index in [-0.39, 0.29) is 31.0 Å². The monoisotopic (exact) mass is 451 g/mol. The van der Waals surface area contributed by atoms with Crippen molar-refractivity contribution in [1.82, 2.24) is 4.90 Å². The van der Waals surface area contributed by atoms with Crippen molar-refractivity contribution in [3.05, 3.63) is 45.7 Å². The van der Waals surface area contributed by atoms with Crippen LogP contribution < -0.4 is 9.47 Å². The number of carbonyl (C=O) groups is 2. The first-order valence-corrected chi connectivity index (χ1v) is 11.1. The quantitative estimate of drug-likeness (QED) is 0.647. The highest BCUT2D eigenvalue weighted by molar-refractivity contribution is 7.12. The van der Waals surface area contributed by atoms with Gasteiger partial charge < -0.3 is 19.1 Å². The molecule has 6 nitrogen and oxygen atoms in total. The van der Waals surface area contributed by atoms with Crippen molar-refractivity contribution in [2.75, 3.05) is 32.9 Å². The van der Waals surface area contributed by atoms with Gasteiger partial charge in [-0.1, -0.05) is 6.07 Å². The Bertz CT molecular complexity index is 994. The smallest absolute Gasteiger partial charge is 0.314 e. The number of likely N-dealkylation sites (tertiary alicyclic amines) is 1. The second kappa shape index (κ2) is 8.82. The fourth-order valence-corrected chi connectivity index (χ4v) is 5.05. The average molecular weight is 451 g/mol. The van der Waals surface area contributed by atoms with Gasteiger partial charge in [-0.3, -0.25) is 9.59 Å². The van der Waals surface area contributed by atoms with Crippen molar-refractivity contribution >= 4 is 23.2 Å². The molecule has 31 heavy (non-hydrogen) atoms. The van der Waals surface area contributed by atoms with E-state index < -0.39 is 23.0 Å². The number of ether oxygens (including phenoxy) is 3. The third kappa shape index (κ3) is 4.23. The Kier molecular flexibility index (Phi) is 6.13. The van der Waals surface area contributed by atoms with Crippen molar-refractivity contribution in [1.29, 1.82) is 0 Å². The summed E-state index contributed by atoms with van der Waals surface area (Å²) in [5.41, 5.74) is -0.897. The van der Waals surface area contributed by atoms with E-state index in [2.05, 4.69) is 0 Å². The van der Waals surface area contributed by atoms with Crippen LogP contribution >= 0.6 is 11.3 Å². The Balaban J connectivity index is 1.62. The summed E-state index contributed by atoms with van der Waals surface area (Å²) in [6.45, 7) is 3.19. The number of halogens is 2. The van der Waals surface area contributed by atoms with Crippen LogP contribution in [0.3, 0.4) is 0 Å². The van der Waals surface area contributed by atoms with Gasteiger partial charge in [0.25, 0.3) is 5.91 Å². The second-order valence-electron chi connectivity index (χ2n) is 7.70. The molecule has 0 radical (unpaired) electrons. The molecule has 166 valence electrons. The Labute approximate surface area is 182 Å². The highest BCUT2D eigenvalue weighted by Gasteiger charge is 2.46. The summed E-state index contributed by atoms with van der Waals surface area (Å²) >= 11 is 1.23.